The molecule has 6 nitrogen and oxygen atoms in total. The average Bonchev–Trinajstić information content (AvgIpc) is 2.70. The zero-order valence-corrected chi connectivity index (χ0v) is 16.4. The van der Waals surface area contributed by atoms with Crippen molar-refractivity contribution < 1.29 is 19.1 Å². The first kappa shape index (κ1) is 19.7. The third-order valence-electron chi connectivity index (χ3n) is 4.69. The fourth-order valence-electron chi connectivity index (χ4n) is 3.09. The van der Waals surface area contributed by atoms with Crippen LogP contribution in [0, 0.1) is 13.8 Å². The molecule has 0 spiro atoms. The van der Waals surface area contributed by atoms with Gasteiger partial charge in [-0.2, -0.15) is 0 Å². The smallest absolute Gasteiger partial charge is 0.260 e. The molecular formula is C22H26N2O4. The summed E-state index contributed by atoms with van der Waals surface area (Å²) in [6.45, 7) is 6.00. The van der Waals surface area contributed by atoms with Gasteiger partial charge in [0.25, 0.3) is 11.8 Å². The standard InChI is InChI=1S/C22H26N2O4/c1-17-5-3-7-19(13-17)27-15-21(25)23-9-11-24(12-10-23)22(26)16-28-20-8-4-6-18(2)14-20/h3-8,13-14H,9-12,15-16H2,1-2H3. The summed E-state index contributed by atoms with van der Waals surface area (Å²) in [6, 6.07) is 15.2. The van der Waals surface area contributed by atoms with Crippen molar-refractivity contribution in [3.63, 3.8) is 0 Å². The lowest BCUT2D eigenvalue weighted by Crippen LogP contribution is -2.52. The molecule has 3 rings (SSSR count). The molecule has 0 aliphatic carbocycles. The molecule has 2 aromatic carbocycles. The van der Waals surface area contributed by atoms with Crippen LogP contribution >= 0.6 is 0 Å². The quantitative estimate of drug-likeness (QED) is 0.770. The topological polar surface area (TPSA) is 59.1 Å². The molecule has 148 valence electrons. The van der Waals surface area contributed by atoms with Crippen molar-refractivity contribution in [1.29, 1.82) is 0 Å². The summed E-state index contributed by atoms with van der Waals surface area (Å²) in [5, 5.41) is 0. The normalized spacial score (nSPS) is 13.9. The minimum atomic E-state index is -0.0652. The molecule has 1 aliphatic heterocycles. The van der Waals surface area contributed by atoms with E-state index >= 15 is 0 Å². The van der Waals surface area contributed by atoms with Crippen molar-refractivity contribution in [2.45, 2.75) is 13.8 Å². The minimum Gasteiger partial charge on any atom is -0.484 e. The van der Waals surface area contributed by atoms with E-state index in [1.807, 2.05) is 62.4 Å². The molecule has 2 amide bonds. The number of ether oxygens (including phenoxy) is 2. The molecule has 0 bridgehead atoms. The first-order valence-corrected chi connectivity index (χ1v) is 9.46. The highest BCUT2D eigenvalue weighted by atomic mass is 16.5. The first-order chi connectivity index (χ1) is 13.5. The number of carbonyl (C=O) groups excluding carboxylic acids is 2. The number of nitrogens with zero attached hydrogens (tertiary/aromatic N) is 2. The predicted molar refractivity (Wildman–Crippen MR) is 107 cm³/mol. The van der Waals surface area contributed by atoms with Gasteiger partial charge in [0.15, 0.2) is 13.2 Å². The van der Waals surface area contributed by atoms with Crippen molar-refractivity contribution in [3.05, 3.63) is 59.7 Å². The number of hydrogen-bond acceptors (Lipinski definition) is 4. The maximum atomic E-state index is 12.3. The fourth-order valence-corrected chi connectivity index (χ4v) is 3.09. The van der Waals surface area contributed by atoms with Crippen LogP contribution in [0.3, 0.4) is 0 Å². The molecule has 1 saturated heterocycles. The Labute approximate surface area is 165 Å². The Balaban J connectivity index is 1.40. The molecule has 2 aromatic rings. The van der Waals surface area contributed by atoms with Crippen molar-refractivity contribution in [1.82, 2.24) is 9.80 Å². The Morgan fingerprint density at radius 1 is 0.750 bits per heavy atom. The van der Waals surface area contributed by atoms with Gasteiger partial charge in [-0.05, 0) is 49.2 Å². The average molecular weight is 382 g/mol. The highest BCUT2D eigenvalue weighted by Gasteiger charge is 2.24. The zero-order valence-electron chi connectivity index (χ0n) is 16.4. The predicted octanol–water partition coefficient (Wildman–Crippen LogP) is 2.43. The number of hydrogen-bond donors (Lipinski definition) is 0. The van der Waals surface area contributed by atoms with Crippen LogP contribution in [0.2, 0.25) is 0 Å². The molecule has 0 N–H and O–H groups in total. The van der Waals surface area contributed by atoms with Gasteiger partial charge in [0.2, 0.25) is 0 Å². The second kappa shape index (κ2) is 9.26. The summed E-state index contributed by atoms with van der Waals surface area (Å²) in [5.74, 6) is 1.25. The minimum absolute atomic E-state index is 0.00781. The van der Waals surface area contributed by atoms with E-state index in [1.54, 1.807) is 9.80 Å². The number of amides is 2. The van der Waals surface area contributed by atoms with E-state index in [-0.39, 0.29) is 25.0 Å². The second-order valence-corrected chi connectivity index (χ2v) is 6.97. The lowest BCUT2D eigenvalue weighted by Gasteiger charge is -2.34. The number of benzene rings is 2. The number of rotatable bonds is 6. The van der Waals surface area contributed by atoms with E-state index in [0.29, 0.717) is 37.7 Å². The van der Waals surface area contributed by atoms with Gasteiger partial charge in [0, 0.05) is 26.2 Å². The van der Waals surface area contributed by atoms with Crippen molar-refractivity contribution in [2.24, 2.45) is 0 Å². The van der Waals surface area contributed by atoms with E-state index in [0.717, 1.165) is 11.1 Å². The van der Waals surface area contributed by atoms with Crippen LogP contribution in [0.1, 0.15) is 11.1 Å². The monoisotopic (exact) mass is 382 g/mol. The van der Waals surface area contributed by atoms with Gasteiger partial charge >= 0.3 is 0 Å². The van der Waals surface area contributed by atoms with Crippen LogP contribution in [0.5, 0.6) is 11.5 Å². The third kappa shape index (κ3) is 5.49. The van der Waals surface area contributed by atoms with Crippen LogP contribution in [0.4, 0.5) is 0 Å². The first-order valence-electron chi connectivity index (χ1n) is 9.46. The van der Waals surface area contributed by atoms with Crippen molar-refractivity contribution in [2.75, 3.05) is 39.4 Å². The molecule has 6 heteroatoms. The van der Waals surface area contributed by atoms with Crippen LogP contribution in [-0.2, 0) is 9.59 Å². The maximum Gasteiger partial charge on any atom is 0.260 e. The highest BCUT2D eigenvalue weighted by Crippen LogP contribution is 2.14. The molecule has 1 heterocycles. The SMILES string of the molecule is Cc1cccc(OCC(=O)N2CCN(C(=O)COc3cccc(C)c3)CC2)c1. The second-order valence-electron chi connectivity index (χ2n) is 6.97. The van der Waals surface area contributed by atoms with Gasteiger partial charge in [-0.15, -0.1) is 0 Å². The zero-order chi connectivity index (χ0) is 19.9. The Morgan fingerprint density at radius 3 is 1.50 bits per heavy atom. The van der Waals surface area contributed by atoms with Crippen LogP contribution in [-0.4, -0.2) is 61.0 Å². The molecule has 1 fully saturated rings. The van der Waals surface area contributed by atoms with Crippen molar-refractivity contribution in [3.8, 4) is 11.5 Å². The third-order valence-corrected chi connectivity index (χ3v) is 4.69. The molecular weight excluding hydrogens is 356 g/mol. The van der Waals surface area contributed by atoms with E-state index in [9.17, 15) is 9.59 Å². The number of aryl methyl sites for hydroxylation is 2. The lowest BCUT2D eigenvalue weighted by atomic mass is 10.2. The molecule has 28 heavy (non-hydrogen) atoms. The van der Waals surface area contributed by atoms with Gasteiger partial charge in [0.1, 0.15) is 11.5 Å². The Kier molecular flexibility index (Phi) is 6.53. The molecule has 0 saturated carbocycles. The highest BCUT2D eigenvalue weighted by molar-refractivity contribution is 5.80. The van der Waals surface area contributed by atoms with E-state index in [2.05, 4.69) is 0 Å². The molecule has 0 radical (unpaired) electrons. The lowest BCUT2D eigenvalue weighted by molar-refractivity contribution is -0.141. The number of piperazine rings is 1. The molecule has 0 atom stereocenters. The van der Waals surface area contributed by atoms with Crippen LogP contribution in [0.15, 0.2) is 48.5 Å². The summed E-state index contributed by atoms with van der Waals surface area (Å²) in [7, 11) is 0. The summed E-state index contributed by atoms with van der Waals surface area (Å²) < 4.78 is 11.2. The van der Waals surface area contributed by atoms with Gasteiger partial charge in [-0.3, -0.25) is 9.59 Å². The van der Waals surface area contributed by atoms with Gasteiger partial charge in [0.05, 0.1) is 0 Å². The largest absolute Gasteiger partial charge is 0.484 e. The van der Waals surface area contributed by atoms with Gasteiger partial charge in [-0.1, -0.05) is 24.3 Å². The maximum absolute atomic E-state index is 12.3. The van der Waals surface area contributed by atoms with Gasteiger partial charge < -0.3 is 19.3 Å². The Morgan fingerprint density at radius 2 is 1.14 bits per heavy atom. The van der Waals surface area contributed by atoms with Crippen LogP contribution < -0.4 is 9.47 Å². The fraction of sp³-hybridized carbons (Fsp3) is 0.364. The van der Waals surface area contributed by atoms with E-state index in [1.165, 1.54) is 0 Å². The molecule has 0 aromatic heterocycles. The van der Waals surface area contributed by atoms with Crippen molar-refractivity contribution >= 4 is 11.8 Å². The number of carbonyl (C=O) groups is 2. The summed E-state index contributed by atoms with van der Waals surface area (Å²) >= 11 is 0. The molecule has 0 unspecified atom stereocenters. The molecule has 1 aliphatic rings. The summed E-state index contributed by atoms with van der Waals surface area (Å²) in [5.41, 5.74) is 2.18. The summed E-state index contributed by atoms with van der Waals surface area (Å²) in [4.78, 5) is 28.2. The van der Waals surface area contributed by atoms with E-state index < -0.39 is 0 Å². The van der Waals surface area contributed by atoms with Gasteiger partial charge in [-0.25, -0.2) is 0 Å². The van der Waals surface area contributed by atoms with E-state index in [4.69, 9.17) is 9.47 Å². The summed E-state index contributed by atoms with van der Waals surface area (Å²) in [6.07, 6.45) is 0. The Hall–Kier alpha value is -3.02. The Bertz CT molecular complexity index is 759. The van der Waals surface area contributed by atoms with Crippen LogP contribution in [0.25, 0.3) is 0 Å².